The van der Waals surface area contributed by atoms with Crippen molar-refractivity contribution >= 4 is 17.7 Å². The molecule has 0 aromatic carbocycles. The van der Waals surface area contributed by atoms with Gasteiger partial charge in [0.05, 0.1) is 0 Å². The van der Waals surface area contributed by atoms with E-state index in [2.05, 4.69) is 18.7 Å². The second-order valence-electron chi connectivity index (χ2n) is 4.37. The average Bonchev–Trinajstić information content (AvgIpc) is 2.19. The van der Waals surface area contributed by atoms with Gasteiger partial charge in [-0.3, -0.25) is 9.69 Å². The van der Waals surface area contributed by atoms with E-state index >= 15 is 0 Å². The van der Waals surface area contributed by atoms with Crippen LogP contribution in [0.5, 0.6) is 0 Å². The summed E-state index contributed by atoms with van der Waals surface area (Å²) in [5.41, 5.74) is -0.619. The van der Waals surface area contributed by atoms with Crippen LogP contribution in [-0.4, -0.2) is 45.6 Å². The predicted octanol–water partition coefficient (Wildman–Crippen LogP) is 2.07. The number of carboxylic acids is 1. The fraction of sp³-hybridized carbons (Fsp3) is 0.909. The molecule has 0 radical (unpaired) electrons. The Hall–Kier alpha value is -0.220. The SMILES string of the molecule is CCN(C(C)C)C1(C(=O)O)CCCSC1. The molecule has 4 heteroatoms. The first-order chi connectivity index (χ1) is 7.04. The Morgan fingerprint density at radius 1 is 1.60 bits per heavy atom. The molecule has 1 aliphatic heterocycles. The number of thioether (sulfide) groups is 1. The maximum atomic E-state index is 11.5. The summed E-state index contributed by atoms with van der Waals surface area (Å²) < 4.78 is 0. The first-order valence-electron chi connectivity index (χ1n) is 5.62. The molecule has 1 fully saturated rings. The number of rotatable bonds is 4. The molecule has 0 aliphatic carbocycles. The highest BCUT2D eigenvalue weighted by atomic mass is 32.2. The van der Waals surface area contributed by atoms with Gasteiger partial charge in [0.2, 0.25) is 0 Å². The lowest BCUT2D eigenvalue weighted by atomic mass is 9.91. The van der Waals surface area contributed by atoms with Gasteiger partial charge in [-0.15, -0.1) is 0 Å². The van der Waals surface area contributed by atoms with Crippen LogP contribution in [0.3, 0.4) is 0 Å². The van der Waals surface area contributed by atoms with Crippen molar-refractivity contribution < 1.29 is 9.90 Å². The van der Waals surface area contributed by atoms with Crippen LogP contribution >= 0.6 is 11.8 Å². The zero-order valence-corrected chi connectivity index (χ0v) is 10.6. The first-order valence-corrected chi connectivity index (χ1v) is 6.78. The smallest absolute Gasteiger partial charge is 0.324 e. The third-order valence-electron chi connectivity index (χ3n) is 3.13. The van der Waals surface area contributed by atoms with Crippen LogP contribution in [0, 0.1) is 0 Å². The maximum Gasteiger partial charge on any atom is 0.324 e. The highest BCUT2D eigenvalue weighted by molar-refractivity contribution is 7.99. The van der Waals surface area contributed by atoms with Crippen molar-refractivity contribution in [2.45, 2.75) is 45.2 Å². The van der Waals surface area contributed by atoms with Crippen LogP contribution in [0.4, 0.5) is 0 Å². The molecule has 0 spiro atoms. The summed E-state index contributed by atoms with van der Waals surface area (Å²) >= 11 is 1.77. The quantitative estimate of drug-likeness (QED) is 0.804. The minimum absolute atomic E-state index is 0.296. The van der Waals surface area contributed by atoms with E-state index in [0.717, 1.165) is 30.9 Å². The Balaban J connectivity index is 2.92. The lowest BCUT2D eigenvalue weighted by Crippen LogP contribution is -2.60. The number of likely N-dealkylation sites (N-methyl/N-ethyl adjacent to an activating group) is 1. The highest BCUT2D eigenvalue weighted by Gasteiger charge is 2.45. The summed E-state index contributed by atoms with van der Waals surface area (Å²) in [6.07, 6.45) is 1.81. The Morgan fingerprint density at radius 3 is 2.60 bits per heavy atom. The van der Waals surface area contributed by atoms with Crippen LogP contribution in [0.2, 0.25) is 0 Å². The second kappa shape index (κ2) is 5.21. The molecule has 0 saturated carbocycles. The molecular formula is C11H21NO2S. The number of nitrogens with zero attached hydrogens (tertiary/aromatic N) is 1. The summed E-state index contributed by atoms with van der Waals surface area (Å²) in [6, 6.07) is 0.296. The molecule has 15 heavy (non-hydrogen) atoms. The van der Waals surface area contributed by atoms with E-state index < -0.39 is 11.5 Å². The lowest BCUT2D eigenvalue weighted by Gasteiger charge is -2.44. The summed E-state index contributed by atoms with van der Waals surface area (Å²) in [6.45, 7) is 7.01. The standard InChI is InChI=1S/C11H21NO2S/c1-4-12(9(2)3)11(10(13)14)6-5-7-15-8-11/h9H,4-8H2,1-3H3,(H,13,14). The predicted molar refractivity (Wildman–Crippen MR) is 64.4 cm³/mol. The van der Waals surface area contributed by atoms with Crippen LogP contribution in [-0.2, 0) is 4.79 Å². The zero-order valence-electron chi connectivity index (χ0n) is 9.82. The van der Waals surface area contributed by atoms with Crippen molar-refractivity contribution in [3.05, 3.63) is 0 Å². The number of carbonyl (C=O) groups is 1. The average molecular weight is 231 g/mol. The molecular weight excluding hydrogens is 210 g/mol. The van der Waals surface area contributed by atoms with Gasteiger partial charge >= 0.3 is 5.97 Å². The molecule has 0 amide bonds. The van der Waals surface area contributed by atoms with Crippen molar-refractivity contribution in [1.82, 2.24) is 4.90 Å². The third-order valence-corrected chi connectivity index (χ3v) is 4.39. The van der Waals surface area contributed by atoms with Gasteiger partial charge < -0.3 is 5.11 Å². The Morgan fingerprint density at radius 2 is 2.27 bits per heavy atom. The third kappa shape index (κ3) is 2.48. The Kier molecular flexibility index (Phi) is 4.46. The molecule has 1 rings (SSSR count). The van der Waals surface area contributed by atoms with Gasteiger partial charge in [0.25, 0.3) is 0 Å². The lowest BCUT2D eigenvalue weighted by molar-refractivity contribution is -0.152. The van der Waals surface area contributed by atoms with Gasteiger partial charge in [-0.25, -0.2) is 0 Å². The summed E-state index contributed by atoms with van der Waals surface area (Å²) in [5, 5.41) is 9.48. The van der Waals surface area contributed by atoms with Crippen molar-refractivity contribution in [1.29, 1.82) is 0 Å². The molecule has 1 aliphatic rings. The van der Waals surface area contributed by atoms with Crippen LogP contribution in [0.25, 0.3) is 0 Å². The van der Waals surface area contributed by atoms with E-state index in [4.69, 9.17) is 0 Å². The van der Waals surface area contributed by atoms with Crippen LogP contribution < -0.4 is 0 Å². The minimum Gasteiger partial charge on any atom is -0.480 e. The Labute approximate surface area is 96.2 Å². The molecule has 88 valence electrons. The highest BCUT2D eigenvalue weighted by Crippen LogP contribution is 2.33. The van der Waals surface area contributed by atoms with Crippen LogP contribution in [0.15, 0.2) is 0 Å². The van der Waals surface area contributed by atoms with Gasteiger partial charge in [0.1, 0.15) is 5.54 Å². The van der Waals surface area contributed by atoms with Gasteiger partial charge in [-0.2, -0.15) is 11.8 Å². The first kappa shape index (κ1) is 12.8. The van der Waals surface area contributed by atoms with E-state index in [0.29, 0.717) is 6.04 Å². The van der Waals surface area contributed by atoms with E-state index in [1.54, 1.807) is 11.8 Å². The topological polar surface area (TPSA) is 40.5 Å². The molecule has 1 N–H and O–H groups in total. The second-order valence-corrected chi connectivity index (χ2v) is 5.48. The zero-order chi connectivity index (χ0) is 11.5. The molecule has 1 atom stereocenters. The number of aliphatic carboxylic acids is 1. The minimum atomic E-state index is -0.648. The largest absolute Gasteiger partial charge is 0.480 e. The molecule has 1 saturated heterocycles. The molecule has 1 heterocycles. The maximum absolute atomic E-state index is 11.5. The van der Waals surface area contributed by atoms with E-state index in [1.807, 2.05) is 6.92 Å². The van der Waals surface area contributed by atoms with Crippen molar-refractivity contribution in [3.63, 3.8) is 0 Å². The summed E-state index contributed by atoms with van der Waals surface area (Å²) in [5.74, 6) is 1.18. The van der Waals surface area contributed by atoms with Crippen molar-refractivity contribution in [2.24, 2.45) is 0 Å². The fourth-order valence-corrected chi connectivity index (χ4v) is 3.72. The Bertz CT molecular complexity index is 225. The monoisotopic (exact) mass is 231 g/mol. The van der Waals surface area contributed by atoms with Gasteiger partial charge in [0, 0.05) is 11.8 Å². The van der Waals surface area contributed by atoms with Gasteiger partial charge in [-0.1, -0.05) is 6.92 Å². The number of hydrogen-bond acceptors (Lipinski definition) is 3. The molecule has 1 unspecified atom stereocenters. The molecule has 0 aromatic rings. The summed E-state index contributed by atoms with van der Waals surface area (Å²) in [7, 11) is 0. The van der Waals surface area contributed by atoms with Crippen LogP contribution in [0.1, 0.15) is 33.6 Å². The van der Waals surface area contributed by atoms with E-state index in [-0.39, 0.29) is 0 Å². The van der Waals surface area contributed by atoms with Crippen molar-refractivity contribution in [3.8, 4) is 0 Å². The van der Waals surface area contributed by atoms with Crippen molar-refractivity contribution in [2.75, 3.05) is 18.1 Å². The molecule has 0 aromatic heterocycles. The number of carboxylic acid groups (broad SMARTS) is 1. The summed E-state index contributed by atoms with van der Waals surface area (Å²) in [4.78, 5) is 13.7. The van der Waals surface area contributed by atoms with E-state index in [9.17, 15) is 9.90 Å². The molecule has 3 nitrogen and oxygen atoms in total. The normalized spacial score (nSPS) is 27.3. The van der Waals surface area contributed by atoms with E-state index in [1.165, 1.54) is 0 Å². The molecule has 0 bridgehead atoms. The van der Waals surface area contributed by atoms with Gasteiger partial charge in [0.15, 0.2) is 0 Å². The number of hydrogen-bond donors (Lipinski definition) is 1. The van der Waals surface area contributed by atoms with Gasteiger partial charge in [-0.05, 0) is 39.0 Å². The fourth-order valence-electron chi connectivity index (χ4n) is 2.46.